The van der Waals surface area contributed by atoms with Gasteiger partial charge in [0.25, 0.3) is 0 Å². The van der Waals surface area contributed by atoms with Crippen molar-refractivity contribution < 1.29 is 4.74 Å². The monoisotopic (exact) mass is 234 g/mol. The Hall–Kier alpha value is -1.29. The minimum Gasteiger partial charge on any atom is -0.485 e. The normalized spacial score (nSPS) is 14.8. The van der Waals surface area contributed by atoms with E-state index in [9.17, 15) is 0 Å². The second-order valence-corrected chi connectivity index (χ2v) is 4.84. The first-order valence-corrected chi connectivity index (χ1v) is 6.56. The molecular weight excluding hydrogens is 220 g/mol. The molecule has 0 saturated carbocycles. The average Bonchev–Trinajstić information content (AvgIpc) is 2.96. The largest absolute Gasteiger partial charge is 0.485 e. The summed E-state index contributed by atoms with van der Waals surface area (Å²) in [6.07, 6.45) is 5.44. The highest BCUT2D eigenvalue weighted by Crippen LogP contribution is 2.25. The molecule has 0 unspecified atom stereocenters. The molecule has 0 spiro atoms. The SMILES string of the molecule is c1cc(COc2cnn3c2CCCC3)cs1. The molecule has 0 saturated heterocycles. The highest BCUT2D eigenvalue weighted by atomic mass is 32.1. The molecule has 3 heterocycles. The van der Waals surface area contributed by atoms with Gasteiger partial charge in [-0.2, -0.15) is 16.4 Å². The lowest BCUT2D eigenvalue weighted by molar-refractivity contribution is 0.300. The van der Waals surface area contributed by atoms with E-state index in [-0.39, 0.29) is 0 Å². The van der Waals surface area contributed by atoms with Crippen molar-refractivity contribution in [3.8, 4) is 5.75 Å². The van der Waals surface area contributed by atoms with E-state index in [1.165, 1.54) is 24.1 Å². The molecule has 0 aromatic carbocycles. The van der Waals surface area contributed by atoms with Crippen molar-refractivity contribution >= 4 is 11.3 Å². The zero-order valence-electron chi connectivity index (χ0n) is 9.06. The number of aromatic nitrogens is 2. The van der Waals surface area contributed by atoms with Crippen LogP contribution in [0.2, 0.25) is 0 Å². The Labute approximate surface area is 98.7 Å². The van der Waals surface area contributed by atoms with Crippen molar-refractivity contribution in [1.82, 2.24) is 9.78 Å². The number of ether oxygens (including phenoxy) is 1. The van der Waals surface area contributed by atoms with Crippen LogP contribution in [0.1, 0.15) is 24.1 Å². The highest BCUT2D eigenvalue weighted by Gasteiger charge is 2.15. The topological polar surface area (TPSA) is 27.1 Å². The first-order chi connectivity index (χ1) is 7.93. The number of aryl methyl sites for hydroxylation is 1. The summed E-state index contributed by atoms with van der Waals surface area (Å²) in [6, 6.07) is 2.10. The fourth-order valence-electron chi connectivity index (χ4n) is 2.05. The molecule has 0 atom stereocenters. The molecule has 0 N–H and O–H groups in total. The number of rotatable bonds is 3. The van der Waals surface area contributed by atoms with Gasteiger partial charge in [-0.15, -0.1) is 0 Å². The van der Waals surface area contributed by atoms with E-state index in [0.29, 0.717) is 6.61 Å². The van der Waals surface area contributed by atoms with E-state index in [1.807, 2.05) is 6.20 Å². The first-order valence-electron chi connectivity index (χ1n) is 5.62. The van der Waals surface area contributed by atoms with E-state index in [0.717, 1.165) is 18.7 Å². The third kappa shape index (κ3) is 1.85. The molecule has 16 heavy (non-hydrogen) atoms. The Morgan fingerprint density at radius 2 is 2.44 bits per heavy atom. The fourth-order valence-corrected chi connectivity index (χ4v) is 2.70. The van der Waals surface area contributed by atoms with Crippen LogP contribution in [-0.2, 0) is 19.6 Å². The van der Waals surface area contributed by atoms with Gasteiger partial charge in [-0.1, -0.05) is 0 Å². The molecular formula is C12H14N2OS. The Morgan fingerprint density at radius 1 is 1.44 bits per heavy atom. The molecule has 4 heteroatoms. The van der Waals surface area contributed by atoms with Crippen LogP contribution in [0.3, 0.4) is 0 Å². The number of nitrogens with zero attached hydrogens (tertiary/aromatic N) is 2. The van der Waals surface area contributed by atoms with Crippen LogP contribution in [0.25, 0.3) is 0 Å². The molecule has 84 valence electrons. The van der Waals surface area contributed by atoms with Crippen molar-refractivity contribution in [2.45, 2.75) is 32.4 Å². The number of hydrogen-bond donors (Lipinski definition) is 0. The summed E-state index contributed by atoms with van der Waals surface area (Å²) in [4.78, 5) is 0. The summed E-state index contributed by atoms with van der Waals surface area (Å²) in [5.74, 6) is 0.964. The smallest absolute Gasteiger partial charge is 0.160 e. The van der Waals surface area contributed by atoms with E-state index in [2.05, 4.69) is 26.6 Å². The Bertz CT molecular complexity index is 461. The van der Waals surface area contributed by atoms with Gasteiger partial charge in [0.2, 0.25) is 0 Å². The lowest BCUT2D eigenvalue weighted by atomic mass is 10.1. The van der Waals surface area contributed by atoms with Gasteiger partial charge in [0.05, 0.1) is 11.9 Å². The van der Waals surface area contributed by atoms with Crippen molar-refractivity contribution in [3.05, 3.63) is 34.3 Å². The molecule has 1 aliphatic heterocycles. The maximum atomic E-state index is 5.81. The molecule has 2 aromatic heterocycles. The summed E-state index contributed by atoms with van der Waals surface area (Å²) < 4.78 is 7.89. The standard InChI is InChI=1S/C12H14N2OS/c1-2-5-14-11(3-1)12(7-13-14)15-8-10-4-6-16-9-10/h4,6-7,9H,1-3,5,8H2. The van der Waals surface area contributed by atoms with Gasteiger partial charge in [0.1, 0.15) is 6.61 Å². The summed E-state index contributed by atoms with van der Waals surface area (Å²) in [6.45, 7) is 1.69. The third-order valence-corrected chi connectivity index (χ3v) is 3.65. The zero-order valence-corrected chi connectivity index (χ0v) is 9.87. The molecule has 0 aliphatic carbocycles. The van der Waals surface area contributed by atoms with Gasteiger partial charge >= 0.3 is 0 Å². The van der Waals surface area contributed by atoms with E-state index < -0.39 is 0 Å². The lowest BCUT2D eigenvalue weighted by Crippen LogP contribution is -2.11. The van der Waals surface area contributed by atoms with Gasteiger partial charge in [0.15, 0.2) is 5.75 Å². The molecule has 0 fully saturated rings. The van der Waals surface area contributed by atoms with E-state index in [4.69, 9.17) is 4.74 Å². The first kappa shape index (κ1) is 9.90. The van der Waals surface area contributed by atoms with Crippen LogP contribution < -0.4 is 4.74 Å². The maximum absolute atomic E-state index is 5.81. The quantitative estimate of drug-likeness (QED) is 0.816. The minimum atomic E-state index is 0.655. The predicted molar refractivity (Wildman–Crippen MR) is 63.8 cm³/mol. The van der Waals surface area contributed by atoms with Crippen LogP contribution in [0.15, 0.2) is 23.0 Å². The summed E-state index contributed by atoms with van der Waals surface area (Å²) in [7, 11) is 0. The minimum absolute atomic E-state index is 0.655. The molecule has 3 rings (SSSR count). The van der Waals surface area contributed by atoms with Crippen LogP contribution in [0.5, 0.6) is 5.75 Å². The predicted octanol–water partition coefficient (Wildman–Crippen LogP) is 2.86. The summed E-state index contributed by atoms with van der Waals surface area (Å²) >= 11 is 1.70. The molecule has 0 bridgehead atoms. The Kier molecular flexibility index (Phi) is 2.66. The zero-order chi connectivity index (χ0) is 10.8. The number of thiophene rings is 1. The van der Waals surface area contributed by atoms with Gasteiger partial charge in [-0.25, -0.2) is 0 Å². The second-order valence-electron chi connectivity index (χ2n) is 4.06. The fraction of sp³-hybridized carbons (Fsp3) is 0.417. The summed E-state index contributed by atoms with van der Waals surface area (Å²) in [5, 5.41) is 8.55. The van der Waals surface area contributed by atoms with Crippen molar-refractivity contribution in [2.75, 3.05) is 0 Å². The van der Waals surface area contributed by atoms with Crippen LogP contribution in [-0.4, -0.2) is 9.78 Å². The van der Waals surface area contributed by atoms with Gasteiger partial charge < -0.3 is 4.74 Å². The van der Waals surface area contributed by atoms with Gasteiger partial charge in [0, 0.05) is 6.54 Å². The average molecular weight is 234 g/mol. The molecule has 0 radical (unpaired) electrons. The second kappa shape index (κ2) is 4.29. The van der Waals surface area contributed by atoms with Crippen molar-refractivity contribution in [2.24, 2.45) is 0 Å². The van der Waals surface area contributed by atoms with E-state index >= 15 is 0 Å². The Balaban J connectivity index is 1.72. The summed E-state index contributed by atoms with van der Waals surface area (Å²) in [5.41, 5.74) is 2.50. The van der Waals surface area contributed by atoms with Crippen molar-refractivity contribution in [1.29, 1.82) is 0 Å². The number of hydrogen-bond acceptors (Lipinski definition) is 3. The molecule has 2 aromatic rings. The third-order valence-electron chi connectivity index (χ3n) is 2.92. The lowest BCUT2D eigenvalue weighted by Gasteiger charge is -2.14. The van der Waals surface area contributed by atoms with Gasteiger partial charge in [-0.3, -0.25) is 4.68 Å². The van der Waals surface area contributed by atoms with Crippen LogP contribution in [0.4, 0.5) is 0 Å². The Morgan fingerprint density at radius 3 is 3.31 bits per heavy atom. The molecule has 0 amide bonds. The number of fused-ring (bicyclic) bond motifs is 1. The molecule has 1 aliphatic rings. The highest BCUT2D eigenvalue weighted by molar-refractivity contribution is 7.07. The van der Waals surface area contributed by atoms with Crippen molar-refractivity contribution in [3.63, 3.8) is 0 Å². The van der Waals surface area contributed by atoms with Crippen LogP contribution in [0, 0.1) is 0 Å². The van der Waals surface area contributed by atoms with Gasteiger partial charge in [-0.05, 0) is 41.7 Å². The maximum Gasteiger partial charge on any atom is 0.160 e. The van der Waals surface area contributed by atoms with Crippen LogP contribution >= 0.6 is 11.3 Å². The van der Waals surface area contributed by atoms with E-state index in [1.54, 1.807) is 11.3 Å². The molecule has 3 nitrogen and oxygen atoms in total.